The minimum atomic E-state index is 0.160. The topological polar surface area (TPSA) is 42.7 Å². The molecule has 0 saturated heterocycles. The van der Waals surface area contributed by atoms with Crippen molar-refractivity contribution in [2.75, 3.05) is 7.05 Å². The molecular weight excluding hydrogens is 236 g/mol. The summed E-state index contributed by atoms with van der Waals surface area (Å²) in [6, 6.07) is 10.8. The molecule has 2 aromatic rings. The maximum Gasteiger partial charge on any atom is 0.0735 e. The number of benzene rings is 1. The van der Waals surface area contributed by atoms with Crippen molar-refractivity contribution in [3.05, 3.63) is 42.2 Å². The third kappa shape index (κ3) is 2.16. The van der Waals surface area contributed by atoms with Gasteiger partial charge < -0.3 is 5.32 Å². The van der Waals surface area contributed by atoms with Crippen LogP contribution in [0.2, 0.25) is 0 Å². The monoisotopic (exact) mass is 256 g/mol. The summed E-state index contributed by atoms with van der Waals surface area (Å²) in [5.41, 5.74) is 2.47. The standard InChI is InChI=1S/C15H20N4/c1-15(9-8-12(10-15)16-2)14-11-17-18-19(14)13-6-4-3-5-7-13/h3-7,11-12,16H,8-10H2,1-2H3. The maximum absolute atomic E-state index is 4.27. The second-order valence-corrected chi connectivity index (χ2v) is 5.66. The van der Waals surface area contributed by atoms with E-state index in [1.807, 2.05) is 36.1 Å². The molecule has 1 fully saturated rings. The normalized spacial score (nSPS) is 26.7. The fourth-order valence-corrected chi connectivity index (χ4v) is 3.13. The van der Waals surface area contributed by atoms with Gasteiger partial charge in [-0.3, -0.25) is 0 Å². The Kier molecular flexibility index (Phi) is 3.11. The smallest absolute Gasteiger partial charge is 0.0735 e. The summed E-state index contributed by atoms with van der Waals surface area (Å²) < 4.78 is 1.98. The van der Waals surface area contributed by atoms with Crippen LogP contribution in [-0.4, -0.2) is 28.1 Å². The lowest BCUT2D eigenvalue weighted by atomic mass is 9.85. The number of hydrogen-bond acceptors (Lipinski definition) is 3. The van der Waals surface area contributed by atoms with Crippen molar-refractivity contribution >= 4 is 0 Å². The molecule has 1 saturated carbocycles. The van der Waals surface area contributed by atoms with E-state index in [0.717, 1.165) is 12.1 Å². The third-order valence-electron chi connectivity index (χ3n) is 4.32. The average molecular weight is 256 g/mol. The first-order valence-electron chi connectivity index (χ1n) is 6.87. The fraction of sp³-hybridized carbons (Fsp3) is 0.467. The molecule has 0 aliphatic heterocycles. The largest absolute Gasteiger partial charge is 0.317 e. The van der Waals surface area contributed by atoms with E-state index in [4.69, 9.17) is 0 Å². The molecule has 3 rings (SSSR count). The zero-order valence-corrected chi connectivity index (χ0v) is 11.5. The van der Waals surface area contributed by atoms with Gasteiger partial charge in [-0.05, 0) is 38.4 Å². The van der Waals surface area contributed by atoms with Crippen LogP contribution in [0.15, 0.2) is 36.5 Å². The van der Waals surface area contributed by atoms with Crippen molar-refractivity contribution in [2.45, 2.75) is 37.6 Å². The van der Waals surface area contributed by atoms with Gasteiger partial charge in [-0.2, -0.15) is 0 Å². The van der Waals surface area contributed by atoms with Gasteiger partial charge in [-0.25, -0.2) is 4.68 Å². The fourth-order valence-electron chi connectivity index (χ4n) is 3.13. The van der Waals surface area contributed by atoms with Crippen molar-refractivity contribution in [2.24, 2.45) is 0 Å². The van der Waals surface area contributed by atoms with Crippen molar-refractivity contribution in [1.82, 2.24) is 20.3 Å². The first kappa shape index (κ1) is 12.4. The molecule has 2 atom stereocenters. The summed E-state index contributed by atoms with van der Waals surface area (Å²) >= 11 is 0. The molecule has 1 aromatic heterocycles. The van der Waals surface area contributed by atoms with Crippen LogP contribution in [0.4, 0.5) is 0 Å². The van der Waals surface area contributed by atoms with Gasteiger partial charge in [-0.1, -0.05) is 30.3 Å². The van der Waals surface area contributed by atoms with E-state index in [-0.39, 0.29) is 5.41 Å². The summed E-state index contributed by atoms with van der Waals surface area (Å²) in [5.74, 6) is 0. The highest BCUT2D eigenvalue weighted by Crippen LogP contribution is 2.40. The van der Waals surface area contributed by atoms with Gasteiger partial charge in [0.2, 0.25) is 0 Å². The Morgan fingerprint density at radius 1 is 1.32 bits per heavy atom. The quantitative estimate of drug-likeness (QED) is 0.916. The minimum absolute atomic E-state index is 0.160. The number of nitrogens with one attached hydrogen (secondary N) is 1. The number of aromatic nitrogens is 3. The van der Waals surface area contributed by atoms with E-state index in [9.17, 15) is 0 Å². The van der Waals surface area contributed by atoms with E-state index in [1.54, 1.807) is 0 Å². The second kappa shape index (κ2) is 4.78. The molecular formula is C15H20N4. The third-order valence-corrected chi connectivity index (χ3v) is 4.32. The molecule has 100 valence electrons. The highest BCUT2D eigenvalue weighted by atomic mass is 15.4. The van der Waals surface area contributed by atoms with Gasteiger partial charge >= 0.3 is 0 Å². The molecule has 0 bridgehead atoms. The average Bonchev–Trinajstić information content (AvgIpc) is 3.07. The summed E-state index contributed by atoms with van der Waals surface area (Å²) in [7, 11) is 2.04. The number of hydrogen-bond donors (Lipinski definition) is 1. The van der Waals surface area contributed by atoms with Gasteiger partial charge in [0.15, 0.2) is 0 Å². The van der Waals surface area contributed by atoms with Gasteiger partial charge in [-0.15, -0.1) is 5.10 Å². The van der Waals surface area contributed by atoms with Gasteiger partial charge in [0.25, 0.3) is 0 Å². The van der Waals surface area contributed by atoms with Crippen LogP contribution in [0.5, 0.6) is 0 Å². The molecule has 1 aliphatic carbocycles. The zero-order chi connectivity index (χ0) is 13.3. The Balaban J connectivity index is 1.97. The van der Waals surface area contributed by atoms with Crippen LogP contribution in [0.25, 0.3) is 5.69 Å². The molecule has 1 heterocycles. The molecule has 0 amide bonds. The summed E-state index contributed by atoms with van der Waals surface area (Å²) in [4.78, 5) is 0. The van der Waals surface area contributed by atoms with E-state index >= 15 is 0 Å². The molecule has 1 aromatic carbocycles. The number of para-hydroxylation sites is 1. The molecule has 0 spiro atoms. The minimum Gasteiger partial charge on any atom is -0.317 e. The van der Waals surface area contributed by atoms with Crippen molar-refractivity contribution in [3.8, 4) is 5.69 Å². The Morgan fingerprint density at radius 2 is 2.11 bits per heavy atom. The van der Waals surface area contributed by atoms with E-state index in [2.05, 4.69) is 34.7 Å². The van der Waals surface area contributed by atoms with Gasteiger partial charge in [0, 0.05) is 11.5 Å². The summed E-state index contributed by atoms with van der Waals surface area (Å²) in [6.45, 7) is 2.32. The first-order valence-corrected chi connectivity index (χ1v) is 6.87. The molecule has 1 aliphatic rings. The predicted octanol–water partition coefficient (Wildman–Crippen LogP) is 2.30. The Labute approximate surface area is 113 Å². The highest BCUT2D eigenvalue weighted by molar-refractivity contribution is 5.34. The molecule has 0 radical (unpaired) electrons. The lowest BCUT2D eigenvalue weighted by molar-refractivity contribution is 0.441. The molecule has 19 heavy (non-hydrogen) atoms. The lowest BCUT2D eigenvalue weighted by Crippen LogP contribution is -2.27. The molecule has 4 heteroatoms. The van der Waals surface area contributed by atoms with Crippen LogP contribution < -0.4 is 5.32 Å². The molecule has 2 unspecified atom stereocenters. The van der Waals surface area contributed by atoms with Crippen LogP contribution in [0, 0.1) is 0 Å². The Morgan fingerprint density at radius 3 is 2.79 bits per heavy atom. The van der Waals surface area contributed by atoms with Gasteiger partial charge in [0.1, 0.15) is 0 Å². The Hall–Kier alpha value is -1.68. The number of rotatable bonds is 3. The van der Waals surface area contributed by atoms with Gasteiger partial charge in [0.05, 0.1) is 17.6 Å². The summed E-state index contributed by atoms with van der Waals surface area (Å²) in [6.07, 6.45) is 5.46. The van der Waals surface area contributed by atoms with Crippen molar-refractivity contribution in [1.29, 1.82) is 0 Å². The molecule has 4 nitrogen and oxygen atoms in total. The van der Waals surface area contributed by atoms with Crippen LogP contribution >= 0.6 is 0 Å². The highest BCUT2D eigenvalue weighted by Gasteiger charge is 2.38. The maximum atomic E-state index is 4.27. The number of nitrogens with zero attached hydrogens (tertiary/aromatic N) is 3. The Bertz CT molecular complexity index is 548. The second-order valence-electron chi connectivity index (χ2n) is 5.66. The van der Waals surface area contributed by atoms with E-state index < -0.39 is 0 Å². The van der Waals surface area contributed by atoms with Crippen molar-refractivity contribution < 1.29 is 0 Å². The summed E-state index contributed by atoms with van der Waals surface area (Å²) in [5, 5.41) is 11.8. The zero-order valence-electron chi connectivity index (χ0n) is 11.5. The van der Waals surface area contributed by atoms with E-state index in [0.29, 0.717) is 6.04 Å². The van der Waals surface area contributed by atoms with Crippen LogP contribution in [-0.2, 0) is 5.41 Å². The molecule has 1 N–H and O–H groups in total. The van der Waals surface area contributed by atoms with Crippen molar-refractivity contribution in [3.63, 3.8) is 0 Å². The van der Waals surface area contributed by atoms with Crippen LogP contribution in [0.3, 0.4) is 0 Å². The SMILES string of the molecule is CNC1CCC(C)(c2cnnn2-c2ccccc2)C1. The first-order chi connectivity index (χ1) is 9.23. The van der Waals surface area contributed by atoms with E-state index in [1.165, 1.54) is 18.5 Å². The lowest BCUT2D eigenvalue weighted by Gasteiger charge is -2.24. The van der Waals surface area contributed by atoms with Crippen LogP contribution in [0.1, 0.15) is 31.9 Å². The predicted molar refractivity (Wildman–Crippen MR) is 75.4 cm³/mol.